The zero-order valence-electron chi connectivity index (χ0n) is 17.8. The van der Waals surface area contributed by atoms with Gasteiger partial charge in [0.05, 0.1) is 11.9 Å². The van der Waals surface area contributed by atoms with E-state index in [-0.39, 0.29) is 5.91 Å². The number of piperazine rings is 1. The number of nitrogens with zero attached hydrogens (tertiary/aromatic N) is 5. The van der Waals surface area contributed by atoms with Crippen molar-refractivity contribution in [3.63, 3.8) is 0 Å². The lowest BCUT2D eigenvalue weighted by atomic mass is 10.1. The molecule has 0 spiro atoms. The van der Waals surface area contributed by atoms with Gasteiger partial charge in [-0.2, -0.15) is 0 Å². The van der Waals surface area contributed by atoms with Crippen molar-refractivity contribution in [3.8, 4) is 11.3 Å². The average Bonchev–Trinajstić information content (AvgIpc) is 3.23. The first kappa shape index (κ1) is 20.0. The van der Waals surface area contributed by atoms with Crippen LogP contribution in [0.25, 0.3) is 16.9 Å². The monoisotopic (exact) mass is 420 g/mol. The van der Waals surface area contributed by atoms with Crippen LogP contribution in [0.1, 0.15) is 23.2 Å². The van der Waals surface area contributed by atoms with E-state index in [0.29, 0.717) is 6.04 Å². The summed E-state index contributed by atoms with van der Waals surface area (Å²) in [7, 11) is 2.09. The van der Waals surface area contributed by atoms with Crippen LogP contribution in [-0.4, -0.2) is 82.8 Å². The summed E-state index contributed by atoms with van der Waals surface area (Å²) in [5.41, 5.74) is 3.41. The van der Waals surface area contributed by atoms with E-state index in [1.54, 1.807) is 0 Å². The molecule has 3 aromatic rings. The Kier molecular flexibility index (Phi) is 5.57. The number of nitrogens with one attached hydrogen (secondary N) is 1. The van der Waals surface area contributed by atoms with Gasteiger partial charge < -0.3 is 19.9 Å². The quantitative estimate of drug-likeness (QED) is 0.699. The maximum absolute atomic E-state index is 12.8. The van der Waals surface area contributed by atoms with Gasteiger partial charge in [-0.3, -0.25) is 4.79 Å². The lowest BCUT2D eigenvalue weighted by molar-refractivity contribution is 0.0664. The second kappa shape index (κ2) is 8.64. The molecule has 162 valence electrons. The Morgan fingerprint density at radius 3 is 2.52 bits per heavy atom. The van der Waals surface area contributed by atoms with Gasteiger partial charge in [0.25, 0.3) is 5.91 Å². The Morgan fingerprint density at radius 2 is 1.77 bits per heavy atom. The molecule has 2 fully saturated rings. The minimum absolute atomic E-state index is 0.0962. The molecule has 1 amide bonds. The highest BCUT2D eigenvalue weighted by molar-refractivity contribution is 5.94. The van der Waals surface area contributed by atoms with Crippen molar-refractivity contribution < 1.29 is 9.53 Å². The molecule has 1 N–H and O–H groups in total. The Morgan fingerprint density at radius 1 is 1.03 bits per heavy atom. The van der Waals surface area contributed by atoms with Crippen LogP contribution in [0.5, 0.6) is 0 Å². The normalized spacial score (nSPS) is 18.4. The SMILES string of the molecule is CN1CCN(C(=O)c2ccc(-c3cnc4ccc(NC5CCOCC5)nn34)cc2)CC1. The standard InChI is InChI=1S/C23H28N6O2/c1-27-10-12-28(13-11-27)23(30)18-4-2-17(3-5-18)20-16-24-22-7-6-21(26-29(20)22)25-19-8-14-31-15-9-19/h2-7,16,19H,8-15H2,1H3,(H,25,26). The highest BCUT2D eigenvalue weighted by atomic mass is 16.5. The van der Waals surface area contributed by atoms with Gasteiger partial charge in [0.2, 0.25) is 0 Å². The molecule has 5 rings (SSSR count). The van der Waals surface area contributed by atoms with Gasteiger partial charge >= 0.3 is 0 Å². The molecule has 1 aromatic carbocycles. The summed E-state index contributed by atoms with van der Waals surface area (Å²) < 4.78 is 7.30. The van der Waals surface area contributed by atoms with Crippen molar-refractivity contribution in [1.82, 2.24) is 24.4 Å². The fourth-order valence-electron chi connectivity index (χ4n) is 4.17. The number of fused-ring (bicyclic) bond motifs is 1. The van der Waals surface area contributed by atoms with Gasteiger partial charge in [0.1, 0.15) is 5.82 Å². The van der Waals surface area contributed by atoms with Crippen molar-refractivity contribution >= 4 is 17.4 Å². The fourth-order valence-corrected chi connectivity index (χ4v) is 4.17. The first-order valence-corrected chi connectivity index (χ1v) is 10.9. The molecule has 0 atom stereocenters. The van der Waals surface area contributed by atoms with Gasteiger partial charge in [-0.05, 0) is 44.2 Å². The summed E-state index contributed by atoms with van der Waals surface area (Å²) in [4.78, 5) is 21.5. The molecule has 4 heterocycles. The topological polar surface area (TPSA) is 75.0 Å². The molecule has 2 aliphatic rings. The van der Waals surface area contributed by atoms with Crippen molar-refractivity contribution in [2.45, 2.75) is 18.9 Å². The third kappa shape index (κ3) is 4.26. The summed E-state index contributed by atoms with van der Waals surface area (Å²) >= 11 is 0. The number of ether oxygens (including phenoxy) is 1. The second-order valence-corrected chi connectivity index (χ2v) is 8.34. The number of benzene rings is 1. The zero-order chi connectivity index (χ0) is 21.2. The smallest absolute Gasteiger partial charge is 0.253 e. The van der Waals surface area contributed by atoms with Gasteiger partial charge in [0, 0.05) is 56.6 Å². The van der Waals surface area contributed by atoms with E-state index in [2.05, 4.69) is 22.2 Å². The number of carbonyl (C=O) groups is 1. The minimum Gasteiger partial charge on any atom is -0.381 e. The Hall–Kier alpha value is -2.97. The highest BCUT2D eigenvalue weighted by Crippen LogP contribution is 2.23. The highest BCUT2D eigenvalue weighted by Gasteiger charge is 2.20. The van der Waals surface area contributed by atoms with Crippen molar-refractivity contribution in [2.24, 2.45) is 0 Å². The van der Waals surface area contributed by atoms with Crippen molar-refractivity contribution in [1.29, 1.82) is 0 Å². The van der Waals surface area contributed by atoms with Crippen LogP contribution in [0, 0.1) is 0 Å². The molecule has 8 heteroatoms. The van der Waals surface area contributed by atoms with Crippen LogP contribution in [0.4, 0.5) is 5.82 Å². The Balaban J connectivity index is 1.35. The van der Waals surface area contributed by atoms with Crippen LogP contribution in [0.2, 0.25) is 0 Å². The van der Waals surface area contributed by atoms with Gasteiger partial charge in [0.15, 0.2) is 5.65 Å². The van der Waals surface area contributed by atoms with Crippen LogP contribution < -0.4 is 5.32 Å². The molecule has 8 nitrogen and oxygen atoms in total. The van der Waals surface area contributed by atoms with Crippen molar-refractivity contribution in [3.05, 3.63) is 48.2 Å². The van der Waals surface area contributed by atoms with Gasteiger partial charge in [-0.1, -0.05) is 12.1 Å². The van der Waals surface area contributed by atoms with E-state index in [9.17, 15) is 4.79 Å². The van der Waals surface area contributed by atoms with E-state index in [4.69, 9.17) is 9.84 Å². The molecule has 0 radical (unpaired) electrons. The molecule has 2 saturated heterocycles. The number of anilines is 1. The van der Waals surface area contributed by atoms with E-state index in [1.165, 1.54) is 0 Å². The number of imidazole rings is 1. The van der Waals surface area contributed by atoms with Gasteiger partial charge in [-0.15, -0.1) is 5.10 Å². The zero-order valence-corrected chi connectivity index (χ0v) is 17.8. The lowest BCUT2D eigenvalue weighted by Crippen LogP contribution is -2.47. The summed E-state index contributed by atoms with van der Waals surface area (Å²) in [6.07, 6.45) is 3.80. The number of carbonyl (C=O) groups excluding carboxylic acids is 1. The van der Waals surface area contributed by atoms with E-state index < -0.39 is 0 Å². The predicted octanol–water partition coefficient (Wildman–Crippen LogP) is 2.37. The summed E-state index contributed by atoms with van der Waals surface area (Å²) in [6.45, 7) is 4.96. The van der Waals surface area contributed by atoms with Gasteiger partial charge in [-0.25, -0.2) is 9.50 Å². The van der Waals surface area contributed by atoms with Crippen LogP contribution in [0.3, 0.4) is 0 Å². The summed E-state index contributed by atoms with van der Waals surface area (Å²) in [5, 5.41) is 8.28. The number of aromatic nitrogens is 3. The van der Waals surface area contributed by atoms with Crippen LogP contribution >= 0.6 is 0 Å². The van der Waals surface area contributed by atoms with E-state index in [0.717, 1.165) is 80.5 Å². The Bertz CT molecular complexity index is 1050. The summed E-state index contributed by atoms with van der Waals surface area (Å²) in [6, 6.07) is 12.1. The number of amides is 1. The number of hydrogen-bond donors (Lipinski definition) is 1. The van der Waals surface area contributed by atoms with Crippen LogP contribution in [0.15, 0.2) is 42.6 Å². The molecule has 0 bridgehead atoms. The first-order chi connectivity index (χ1) is 15.2. The van der Waals surface area contributed by atoms with Crippen molar-refractivity contribution in [2.75, 3.05) is 51.8 Å². The second-order valence-electron chi connectivity index (χ2n) is 8.34. The molecular formula is C23H28N6O2. The maximum Gasteiger partial charge on any atom is 0.253 e. The molecule has 31 heavy (non-hydrogen) atoms. The fraction of sp³-hybridized carbons (Fsp3) is 0.435. The maximum atomic E-state index is 12.8. The summed E-state index contributed by atoms with van der Waals surface area (Å²) in [5.74, 6) is 0.930. The third-order valence-electron chi connectivity index (χ3n) is 6.15. The number of likely N-dealkylation sites (N-methyl/N-ethyl adjacent to an activating group) is 1. The Labute approximate surface area is 181 Å². The lowest BCUT2D eigenvalue weighted by Gasteiger charge is -2.32. The predicted molar refractivity (Wildman–Crippen MR) is 119 cm³/mol. The molecule has 2 aliphatic heterocycles. The average molecular weight is 421 g/mol. The molecular weight excluding hydrogens is 392 g/mol. The third-order valence-corrected chi connectivity index (χ3v) is 6.15. The molecule has 0 aliphatic carbocycles. The number of rotatable bonds is 4. The first-order valence-electron chi connectivity index (χ1n) is 10.9. The molecule has 0 unspecified atom stereocenters. The van der Waals surface area contributed by atoms with E-state index in [1.807, 2.05) is 52.0 Å². The minimum atomic E-state index is 0.0962. The molecule has 2 aromatic heterocycles. The number of hydrogen-bond acceptors (Lipinski definition) is 6. The van der Waals surface area contributed by atoms with Crippen LogP contribution in [-0.2, 0) is 4.74 Å². The molecule has 0 saturated carbocycles. The van der Waals surface area contributed by atoms with E-state index >= 15 is 0 Å². The largest absolute Gasteiger partial charge is 0.381 e.